The number of morpholine rings is 1. The molecular formula is C24H26ClFN4O3. The van der Waals surface area contributed by atoms with Gasteiger partial charge in [-0.1, -0.05) is 29.8 Å². The lowest BCUT2D eigenvalue weighted by Crippen LogP contribution is -2.47. The molecule has 1 N–H and O–H groups in total. The Morgan fingerprint density at radius 3 is 2.85 bits per heavy atom. The van der Waals surface area contributed by atoms with Crippen LogP contribution in [0.15, 0.2) is 47.3 Å². The zero-order chi connectivity index (χ0) is 23.5. The van der Waals surface area contributed by atoms with Crippen LogP contribution in [0, 0.1) is 12.7 Å². The van der Waals surface area contributed by atoms with E-state index in [2.05, 4.69) is 15.2 Å². The number of ether oxygens (including phenoxy) is 1. The number of hydrogen-bond donors (Lipinski definition) is 1. The summed E-state index contributed by atoms with van der Waals surface area (Å²) in [7, 11) is 0. The second-order valence-electron chi connectivity index (χ2n) is 8.20. The van der Waals surface area contributed by atoms with Gasteiger partial charge < -0.3 is 10.1 Å². The number of carbonyl (C=O) groups is 1. The highest BCUT2D eigenvalue weighted by atomic mass is 35.5. The van der Waals surface area contributed by atoms with Gasteiger partial charge in [0, 0.05) is 30.2 Å². The molecule has 1 aliphatic heterocycles. The van der Waals surface area contributed by atoms with Gasteiger partial charge in [-0.2, -0.15) is 0 Å². The average molecular weight is 473 g/mol. The number of aromatic nitrogens is 2. The molecule has 2 heterocycles. The normalized spacial score (nSPS) is 17.8. The highest BCUT2D eigenvalue weighted by molar-refractivity contribution is 6.31. The van der Waals surface area contributed by atoms with Crippen molar-refractivity contribution in [3.05, 3.63) is 75.0 Å². The lowest BCUT2D eigenvalue weighted by molar-refractivity contribution is -0.122. The minimum absolute atomic E-state index is 0.0209. The topological polar surface area (TPSA) is 76.5 Å². The molecule has 0 radical (unpaired) electrons. The number of nitrogens with one attached hydrogen (secondary N) is 1. The van der Waals surface area contributed by atoms with Gasteiger partial charge >= 0.3 is 0 Å². The van der Waals surface area contributed by atoms with Crippen molar-refractivity contribution >= 4 is 28.4 Å². The standard InChI is InChI=1S/C24H26ClFN4O3/c1-15-13-29(10-11-33-15)21(23-18(25)7-5-8-19(23)26)12-27-22(31)14-30-16(2)28-20-9-4-3-6-17(20)24(30)32/h3-9,15,21H,10-14H2,1-2H3,(H,27,31). The van der Waals surface area contributed by atoms with Crippen molar-refractivity contribution in [3.8, 4) is 0 Å². The smallest absolute Gasteiger partial charge is 0.261 e. The summed E-state index contributed by atoms with van der Waals surface area (Å²) in [6.45, 7) is 5.28. The molecule has 2 unspecified atom stereocenters. The van der Waals surface area contributed by atoms with E-state index in [9.17, 15) is 14.0 Å². The number of fused-ring (bicyclic) bond motifs is 1. The third kappa shape index (κ3) is 5.08. The van der Waals surface area contributed by atoms with Crippen LogP contribution in [0.25, 0.3) is 10.9 Å². The van der Waals surface area contributed by atoms with Crippen LogP contribution >= 0.6 is 11.6 Å². The molecule has 1 saturated heterocycles. The molecule has 0 aliphatic carbocycles. The summed E-state index contributed by atoms with van der Waals surface area (Å²) in [5, 5.41) is 3.62. The van der Waals surface area contributed by atoms with Crippen LogP contribution < -0.4 is 10.9 Å². The summed E-state index contributed by atoms with van der Waals surface area (Å²) < 4.78 is 21.7. The number of carbonyl (C=O) groups excluding carboxylic acids is 1. The van der Waals surface area contributed by atoms with Gasteiger partial charge in [0.15, 0.2) is 0 Å². The van der Waals surface area contributed by atoms with E-state index >= 15 is 0 Å². The zero-order valence-corrected chi connectivity index (χ0v) is 19.3. The van der Waals surface area contributed by atoms with E-state index in [-0.39, 0.29) is 30.7 Å². The first kappa shape index (κ1) is 23.4. The van der Waals surface area contributed by atoms with Gasteiger partial charge in [-0.05, 0) is 38.1 Å². The van der Waals surface area contributed by atoms with E-state index in [0.29, 0.717) is 47.0 Å². The largest absolute Gasteiger partial charge is 0.376 e. The first-order chi connectivity index (χ1) is 15.8. The molecule has 33 heavy (non-hydrogen) atoms. The molecule has 1 fully saturated rings. The molecule has 174 valence electrons. The molecule has 4 rings (SSSR count). The number of aryl methyl sites for hydroxylation is 1. The SMILES string of the molecule is Cc1nc2ccccc2c(=O)n1CC(=O)NCC(c1c(F)cccc1Cl)N1CCOC(C)C1. The van der Waals surface area contributed by atoms with Crippen LogP contribution in [0.1, 0.15) is 24.4 Å². The van der Waals surface area contributed by atoms with Gasteiger partial charge in [0.05, 0.1) is 29.7 Å². The number of rotatable bonds is 6. The number of para-hydroxylation sites is 1. The van der Waals surface area contributed by atoms with Crippen molar-refractivity contribution in [2.45, 2.75) is 32.5 Å². The maximum atomic E-state index is 14.8. The van der Waals surface area contributed by atoms with Crippen molar-refractivity contribution in [2.75, 3.05) is 26.2 Å². The Bertz CT molecular complexity index is 1210. The molecule has 1 amide bonds. The fourth-order valence-electron chi connectivity index (χ4n) is 4.25. The minimum Gasteiger partial charge on any atom is -0.376 e. The van der Waals surface area contributed by atoms with E-state index in [4.69, 9.17) is 16.3 Å². The van der Waals surface area contributed by atoms with Gasteiger partial charge in [-0.15, -0.1) is 0 Å². The van der Waals surface area contributed by atoms with Crippen molar-refractivity contribution in [3.63, 3.8) is 0 Å². The summed E-state index contributed by atoms with van der Waals surface area (Å²) in [5.74, 6) is -0.340. The highest BCUT2D eigenvalue weighted by Gasteiger charge is 2.29. The summed E-state index contributed by atoms with van der Waals surface area (Å²) >= 11 is 6.36. The predicted octanol–water partition coefficient (Wildman–Crippen LogP) is 3.08. The molecule has 3 aromatic rings. The Kier molecular flexibility index (Phi) is 7.07. The summed E-state index contributed by atoms with van der Waals surface area (Å²) in [5.41, 5.74) is 0.658. The van der Waals surface area contributed by atoms with Crippen LogP contribution in [0.3, 0.4) is 0 Å². The predicted molar refractivity (Wildman–Crippen MR) is 125 cm³/mol. The quantitative estimate of drug-likeness (QED) is 0.596. The molecular weight excluding hydrogens is 447 g/mol. The molecule has 1 aliphatic rings. The maximum Gasteiger partial charge on any atom is 0.261 e. The van der Waals surface area contributed by atoms with Gasteiger partial charge in [0.2, 0.25) is 5.91 Å². The third-order valence-electron chi connectivity index (χ3n) is 5.89. The molecule has 0 spiro atoms. The van der Waals surface area contributed by atoms with Crippen LogP contribution in [0.4, 0.5) is 4.39 Å². The first-order valence-electron chi connectivity index (χ1n) is 10.9. The Hall–Kier alpha value is -2.81. The van der Waals surface area contributed by atoms with E-state index < -0.39 is 11.9 Å². The number of halogens is 2. The lowest BCUT2D eigenvalue weighted by atomic mass is 10.0. The van der Waals surface area contributed by atoms with E-state index in [0.717, 1.165) is 0 Å². The van der Waals surface area contributed by atoms with Crippen molar-refractivity contribution in [1.82, 2.24) is 19.8 Å². The number of amides is 1. The molecule has 0 saturated carbocycles. The minimum atomic E-state index is -0.471. The fraction of sp³-hybridized carbons (Fsp3) is 0.375. The number of nitrogens with zero attached hydrogens (tertiary/aromatic N) is 3. The lowest BCUT2D eigenvalue weighted by Gasteiger charge is -2.38. The third-order valence-corrected chi connectivity index (χ3v) is 6.22. The van der Waals surface area contributed by atoms with Gasteiger partial charge in [0.1, 0.15) is 18.2 Å². The van der Waals surface area contributed by atoms with Crippen LogP contribution in [0.2, 0.25) is 5.02 Å². The monoisotopic (exact) mass is 472 g/mol. The molecule has 7 nitrogen and oxygen atoms in total. The van der Waals surface area contributed by atoms with Crippen LogP contribution in [-0.2, 0) is 16.1 Å². The zero-order valence-electron chi connectivity index (χ0n) is 18.6. The Labute approximate surface area is 196 Å². The van der Waals surface area contributed by atoms with E-state index in [1.807, 2.05) is 13.0 Å². The van der Waals surface area contributed by atoms with Crippen molar-refractivity contribution in [2.24, 2.45) is 0 Å². The first-order valence-corrected chi connectivity index (χ1v) is 11.3. The molecule has 0 bridgehead atoms. The fourth-order valence-corrected chi connectivity index (χ4v) is 4.54. The maximum absolute atomic E-state index is 14.8. The summed E-state index contributed by atoms with van der Waals surface area (Å²) in [6, 6.07) is 11.1. The summed E-state index contributed by atoms with van der Waals surface area (Å²) in [6.07, 6.45) is -0.0209. The Morgan fingerprint density at radius 1 is 1.30 bits per heavy atom. The van der Waals surface area contributed by atoms with E-state index in [1.54, 1.807) is 37.3 Å². The van der Waals surface area contributed by atoms with E-state index in [1.165, 1.54) is 10.6 Å². The molecule has 2 atom stereocenters. The number of benzene rings is 2. The van der Waals surface area contributed by atoms with Gasteiger partial charge in [-0.25, -0.2) is 9.37 Å². The molecule has 9 heteroatoms. The van der Waals surface area contributed by atoms with Crippen molar-refractivity contribution < 1.29 is 13.9 Å². The van der Waals surface area contributed by atoms with Crippen LogP contribution in [0.5, 0.6) is 0 Å². The van der Waals surface area contributed by atoms with Gasteiger partial charge in [-0.3, -0.25) is 19.1 Å². The Morgan fingerprint density at radius 2 is 2.09 bits per heavy atom. The molecule has 1 aromatic heterocycles. The highest BCUT2D eigenvalue weighted by Crippen LogP contribution is 2.31. The number of hydrogen-bond acceptors (Lipinski definition) is 5. The van der Waals surface area contributed by atoms with Crippen molar-refractivity contribution in [1.29, 1.82) is 0 Å². The second-order valence-corrected chi connectivity index (χ2v) is 8.61. The Balaban J connectivity index is 1.55. The second kappa shape index (κ2) is 9.99. The van der Waals surface area contributed by atoms with Gasteiger partial charge in [0.25, 0.3) is 5.56 Å². The average Bonchev–Trinajstić information content (AvgIpc) is 2.78. The van der Waals surface area contributed by atoms with Crippen LogP contribution in [-0.4, -0.2) is 52.7 Å². The molecule has 2 aromatic carbocycles. The summed E-state index contributed by atoms with van der Waals surface area (Å²) in [4.78, 5) is 32.2.